The Labute approximate surface area is 500 Å². The van der Waals surface area contributed by atoms with Crippen molar-refractivity contribution in [1.29, 1.82) is 0 Å². The normalized spacial score (nSPS) is 22.2. The highest BCUT2D eigenvalue weighted by Gasteiger charge is 2.30. The molecule has 4 aromatic rings. The van der Waals surface area contributed by atoms with Crippen molar-refractivity contribution in [2.75, 3.05) is 19.8 Å². The van der Waals surface area contributed by atoms with Crippen molar-refractivity contribution in [3.05, 3.63) is 161 Å². The van der Waals surface area contributed by atoms with Crippen LogP contribution in [0.2, 0.25) is 0 Å². The molecule has 3 nitrogen and oxygen atoms in total. The first kappa shape index (κ1) is 69.7. The van der Waals surface area contributed by atoms with E-state index in [1.54, 1.807) is 37.3 Å². The Balaban J connectivity index is 0.000000206. The number of benzene rings is 4. The van der Waals surface area contributed by atoms with Crippen molar-refractivity contribution in [3.8, 4) is 17.2 Å². The summed E-state index contributed by atoms with van der Waals surface area (Å²) in [6.45, 7) is 22.6. The molecular formula is C73H100F8O3. The Morgan fingerprint density at radius 2 is 0.702 bits per heavy atom. The molecule has 0 radical (unpaired) electrons. The predicted octanol–water partition coefficient (Wildman–Crippen LogP) is 23.2. The van der Waals surface area contributed by atoms with Crippen LogP contribution in [0.1, 0.15) is 253 Å². The first-order chi connectivity index (χ1) is 40.7. The van der Waals surface area contributed by atoms with Crippen LogP contribution in [0.4, 0.5) is 35.1 Å². The fourth-order valence-electron chi connectivity index (χ4n) is 12.7. The van der Waals surface area contributed by atoms with Gasteiger partial charge in [0.15, 0.2) is 46.3 Å². The van der Waals surface area contributed by atoms with Gasteiger partial charge in [-0.3, -0.25) is 0 Å². The third kappa shape index (κ3) is 20.6. The van der Waals surface area contributed by atoms with E-state index in [0.29, 0.717) is 71.8 Å². The zero-order valence-electron chi connectivity index (χ0n) is 51.6. The SMILES string of the molecule is C=CC1CCC(c2ccc(OCC)c(F)c2F)CC1.C=CC1CCC(c2ccc(OCCC)c(F)c2F)CC1.C=CC1CCC(c2ccc(OCCCC)c(F)c2F)CC1.CCCCCc1ccc(C2CCC(CCCCC)CC2)c(F)c1F. The van der Waals surface area contributed by atoms with E-state index in [2.05, 4.69) is 33.6 Å². The Morgan fingerprint density at radius 1 is 0.357 bits per heavy atom. The second kappa shape index (κ2) is 37.5. The van der Waals surface area contributed by atoms with Gasteiger partial charge in [-0.15, -0.1) is 19.7 Å². The largest absolute Gasteiger partial charge is 0.491 e. The topological polar surface area (TPSA) is 27.7 Å². The summed E-state index contributed by atoms with van der Waals surface area (Å²) in [5.74, 6) is -2.94. The molecule has 0 saturated heterocycles. The maximum Gasteiger partial charge on any atom is 0.200 e. The van der Waals surface area contributed by atoms with Crippen molar-refractivity contribution >= 4 is 0 Å². The average Bonchev–Trinajstić information content (AvgIpc) is 3.33. The molecule has 84 heavy (non-hydrogen) atoms. The standard InChI is InChI=1S/C22H34F2.C18H24F2O.C17H22F2O.C16H20F2O/c1-3-5-7-9-17-11-13-18(14-12-17)20-16-15-19(10-8-6-4-2)21(23)22(20)24;1-3-5-12-21-16-11-10-15(17(19)18(16)20)14-8-6-13(4-2)7-9-14;1-3-11-20-15-10-9-14(16(18)17(15)19)13-7-5-12(4-2)6-8-13;1-3-11-5-7-12(8-6-11)13-9-10-14(19-4-2)16(18)15(13)17/h15-18H,3-14H2,1-2H3;4,10-11,13-14H,2-3,5-9,12H2,1H3;4,9-10,12-13H,2-3,5-8,11H2,1H3;3,9-12H,1,4-8H2,2H3. The van der Waals surface area contributed by atoms with E-state index in [-0.39, 0.29) is 40.9 Å². The van der Waals surface area contributed by atoms with E-state index in [1.165, 1.54) is 44.6 Å². The highest BCUT2D eigenvalue weighted by Crippen LogP contribution is 2.43. The predicted molar refractivity (Wildman–Crippen MR) is 330 cm³/mol. The zero-order chi connectivity index (χ0) is 61.0. The molecule has 0 spiro atoms. The van der Waals surface area contributed by atoms with Crippen LogP contribution in [0.25, 0.3) is 0 Å². The van der Waals surface area contributed by atoms with E-state index in [0.717, 1.165) is 134 Å². The van der Waals surface area contributed by atoms with Crippen LogP contribution in [-0.2, 0) is 6.42 Å². The number of halogens is 8. The lowest BCUT2D eigenvalue weighted by molar-refractivity contribution is 0.286. The number of hydrogen-bond acceptors (Lipinski definition) is 3. The number of unbranched alkanes of at least 4 members (excludes halogenated alkanes) is 5. The van der Waals surface area contributed by atoms with Crippen LogP contribution in [-0.4, -0.2) is 19.8 Å². The summed E-state index contributed by atoms with van der Waals surface area (Å²) in [6.07, 6.45) is 33.2. The van der Waals surface area contributed by atoms with Gasteiger partial charge in [0.1, 0.15) is 0 Å². The lowest BCUT2D eigenvalue weighted by Crippen LogP contribution is -2.15. The van der Waals surface area contributed by atoms with E-state index < -0.39 is 46.5 Å². The first-order valence-electron chi connectivity index (χ1n) is 32.3. The van der Waals surface area contributed by atoms with Gasteiger partial charge in [-0.1, -0.05) is 121 Å². The van der Waals surface area contributed by atoms with Crippen LogP contribution in [0.15, 0.2) is 86.5 Å². The summed E-state index contributed by atoms with van der Waals surface area (Å²) >= 11 is 0. The van der Waals surface area contributed by atoms with Gasteiger partial charge in [0.2, 0.25) is 17.5 Å². The van der Waals surface area contributed by atoms with Crippen molar-refractivity contribution in [2.24, 2.45) is 23.7 Å². The van der Waals surface area contributed by atoms with E-state index in [1.807, 2.05) is 44.2 Å². The molecule has 4 aliphatic rings. The van der Waals surface area contributed by atoms with Gasteiger partial charge in [0.25, 0.3) is 0 Å². The van der Waals surface area contributed by atoms with Crippen molar-refractivity contribution in [2.45, 2.75) is 232 Å². The molecule has 8 rings (SSSR count). The van der Waals surface area contributed by atoms with Gasteiger partial charge in [-0.25, -0.2) is 22.0 Å². The van der Waals surface area contributed by atoms with E-state index in [9.17, 15) is 35.1 Å². The minimum Gasteiger partial charge on any atom is -0.491 e. The molecule has 0 N–H and O–H groups in total. The lowest BCUT2D eigenvalue weighted by Gasteiger charge is -2.29. The average molecular weight is 1180 g/mol. The highest BCUT2D eigenvalue weighted by atomic mass is 19.2. The van der Waals surface area contributed by atoms with Crippen molar-refractivity contribution in [1.82, 2.24) is 0 Å². The fraction of sp³-hybridized carbons (Fsp3) is 0.589. The Kier molecular flexibility index (Phi) is 31.1. The molecule has 0 bridgehead atoms. The molecule has 0 unspecified atom stereocenters. The second-order valence-electron chi connectivity index (χ2n) is 24.0. The van der Waals surface area contributed by atoms with Gasteiger partial charge in [-0.2, -0.15) is 13.2 Å². The fourth-order valence-corrected chi connectivity index (χ4v) is 12.7. The quantitative estimate of drug-likeness (QED) is 0.0398. The summed E-state index contributed by atoms with van der Waals surface area (Å²) in [5, 5.41) is 0. The van der Waals surface area contributed by atoms with Crippen molar-refractivity contribution in [3.63, 3.8) is 0 Å². The molecule has 466 valence electrons. The van der Waals surface area contributed by atoms with Crippen molar-refractivity contribution < 1.29 is 49.3 Å². The number of allylic oxidation sites excluding steroid dienone is 3. The van der Waals surface area contributed by atoms with Gasteiger partial charge in [0, 0.05) is 0 Å². The van der Waals surface area contributed by atoms with Gasteiger partial charge in [0.05, 0.1) is 19.8 Å². The number of aryl methyl sites for hydroxylation is 1. The minimum absolute atomic E-state index is 0.00327. The number of rotatable bonds is 24. The molecule has 0 heterocycles. The third-order valence-corrected chi connectivity index (χ3v) is 18.1. The maximum absolute atomic E-state index is 14.5. The zero-order valence-corrected chi connectivity index (χ0v) is 51.6. The molecule has 0 atom stereocenters. The van der Waals surface area contributed by atoms with Gasteiger partial charge >= 0.3 is 0 Å². The monoisotopic (exact) mass is 1180 g/mol. The van der Waals surface area contributed by atoms with Crippen LogP contribution >= 0.6 is 0 Å². The summed E-state index contributed by atoms with van der Waals surface area (Å²) in [5.41, 5.74) is 2.66. The Morgan fingerprint density at radius 3 is 1.07 bits per heavy atom. The molecule has 4 saturated carbocycles. The lowest BCUT2D eigenvalue weighted by atomic mass is 9.76. The molecule has 0 amide bonds. The third-order valence-electron chi connectivity index (χ3n) is 18.1. The first-order valence-corrected chi connectivity index (χ1v) is 32.3. The van der Waals surface area contributed by atoms with Gasteiger partial charge in [-0.05, 0) is 229 Å². The van der Waals surface area contributed by atoms with E-state index >= 15 is 0 Å². The summed E-state index contributed by atoms with van der Waals surface area (Å²) in [4.78, 5) is 0. The maximum atomic E-state index is 14.5. The summed E-state index contributed by atoms with van der Waals surface area (Å²) < 4.78 is 129. The molecular weight excluding hydrogens is 1080 g/mol. The molecule has 4 aromatic carbocycles. The van der Waals surface area contributed by atoms with Crippen LogP contribution in [0, 0.1) is 70.2 Å². The molecule has 4 fully saturated rings. The number of ether oxygens (including phenoxy) is 3. The smallest absolute Gasteiger partial charge is 0.200 e. The molecule has 0 aliphatic heterocycles. The summed E-state index contributed by atoms with van der Waals surface area (Å²) in [7, 11) is 0. The second-order valence-corrected chi connectivity index (χ2v) is 24.0. The van der Waals surface area contributed by atoms with E-state index in [4.69, 9.17) is 14.2 Å². The van der Waals surface area contributed by atoms with Crippen LogP contribution in [0.3, 0.4) is 0 Å². The highest BCUT2D eigenvalue weighted by molar-refractivity contribution is 5.36. The Hall–Kier alpha value is -5.06. The van der Waals surface area contributed by atoms with Crippen LogP contribution < -0.4 is 14.2 Å². The number of hydrogen-bond donors (Lipinski definition) is 0. The van der Waals surface area contributed by atoms with Gasteiger partial charge < -0.3 is 14.2 Å². The Bertz CT molecular complexity index is 2580. The summed E-state index contributed by atoms with van der Waals surface area (Å²) in [6, 6.07) is 13.4. The molecule has 11 heteroatoms. The minimum atomic E-state index is -0.856. The van der Waals surface area contributed by atoms with Crippen LogP contribution in [0.5, 0.6) is 17.2 Å². The molecule has 4 aliphatic carbocycles. The molecule has 0 aromatic heterocycles.